The quantitative estimate of drug-likeness (QED) is 0.685. The fraction of sp³-hybridized carbons (Fsp3) is 0.364. The molecule has 0 radical (unpaired) electrons. The van der Waals surface area contributed by atoms with Gasteiger partial charge in [-0.05, 0) is 56.2 Å². The number of aryl methyl sites for hydroxylation is 1. The lowest BCUT2D eigenvalue weighted by Crippen LogP contribution is -2.40. The molecule has 0 saturated carbocycles. The number of hydrogen-bond acceptors (Lipinski definition) is 6. The molecule has 0 atom stereocenters. The van der Waals surface area contributed by atoms with Gasteiger partial charge in [-0.1, -0.05) is 12.1 Å². The predicted octanol–water partition coefficient (Wildman–Crippen LogP) is 2.75. The Hall–Kier alpha value is -2.75. The molecule has 1 saturated heterocycles. The van der Waals surface area contributed by atoms with E-state index in [9.17, 15) is 18.0 Å². The van der Waals surface area contributed by atoms with Gasteiger partial charge < -0.3 is 14.8 Å². The Morgan fingerprint density at radius 1 is 1.13 bits per heavy atom. The third-order valence-corrected chi connectivity index (χ3v) is 7.16. The van der Waals surface area contributed by atoms with Gasteiger partial charge in [-0.15, -0.1) is 0 Å². The summed E-state index contributed by atoms with van der Waals surface area (Å²) in [6.45, 7) is 6.61. The molecule has 2 aromatic carbocycles. The van der Waals surface area contributed by atoms with Crippen LogP contribution in [0.4, 0.5) is 5.69 Å². The van der Waals surface area contributed by atoms with Crippen LogP contribution in [0.25, 0.3) is 0 Å². The molecule has 0 bridgehead atoms. The van der Waals surface area contributed by atoms with Crippen LogP contribution < -0.4 is 5.32 Å². The number of hydrogen-bond donors (Lipinski definition) is 1. The van der Waals surface area contributed by atoms with Crippen molar-refractivity contribution in [1.82, 2.24) is 4.31 Å². The van der Waals surface area contributed by atoms with Gasteiger partial charge >= 0.3 is 5.97 Å². The van der Waals surface area contributed by atoms with Crippen LogP contribution >= 0.6 is 0 Å². The minimum atomic E-state index is -3.74. The van der Waals surface area contributed by atoms with E-state index in [1.54, 1.807) is 51.1 Å². The maximum Gasteiger partial charge on any atom is 0.338 e. The van der Waals surface area contributed by atoms with Crippen molar-refractivity contribution in [2.24, 2.45) is 0 Å². The lowest BCUT2D eigenvalue weighted by Gasteiger charge is -2.26. The fourth-order valence-corrected chi connectivity index (χ4v) is 5.00. The zero-order valence-corrected chi connectivity index (χ0v) is 18.6. The van der Waals surface area contributed by atoms with Crippen molar-refractivity contribution in [1.29, 1.82) is 0 Å². The minimum Gasteiger partial charge on any atom is -0.462 e. The average molecular weight is 447 g/mol. The van der Waals surface area contributed by atoms with E-state index in [-0.39, 0.29) is 30.2 Å². The fourth-order valence-electron chi connectivity index (χ4n) is 3.34. The van der Waals surface area contributed by atoms with E-state index in [1.165, 1.54) is 10.4 Å². The molecule has 9 heteroatoms. The highest BCUT2D eigenvalue weighted by Crippen LogP contribution is 2.24. The van der Waals surface area contributed by atoms with Crippen molar-refractivity contribution < 1.29 is 27.5 Å². The number of rotatable bonds is 6. The van der Waals surface area contributed by atoms with Crippen LogP contribution in [0.2, 0.25) is 0 Å². The van der Waals surface area contributed by atoms with E-state index >= 15 is 0 Å². The second-order valence-corrected chi connectivity index (χ2v) is 9.06. The second-order valence-electron chi connectivity index (χ2n) is 7.15. The largest absolute Gasteiger partial charge is 0.462 e. The number of esters is 1. The van der Waals surface area contributed by atoms with E-state index in [0.717, 1.165) is 0 Å². The van der Waals surface area contributed by atoms with Crippen LogP contribution in [0.1, 0.15) is 38.8 Å². The highest BCUT2D eigenvalue weighted by atomic mass is 32.2. The first-order valence-corrected chi connectivity index (χ1v) is 11.5. The molecule has 8 nitrogen and oxygen atoms in total. The summed E-state index contributed by atoms with van der Waals surface area (Å²) in [5.74, 6) is -0.937. The van der Waals surface area contributed by atoms with Crippen molar-refractivity contribution in [3.63, 3.8) is 0 Å². The lowest BCUT2D eigenvalue weighted by molar-refractivity contribution is 0.0525. The number of anilines is 1. The van der Waals surface area contributed by atoms with Gasteiger partial charge in [-0.25, -0.2) is 13.2 Å². The van der Waals surface area contributed by atoms with Crippen molar-refractivity contribution in [2.75, 3.05) is 38.2 Å². The van der Waals surface area contributed by atoms with E-state index in [0.29, 0.717) is 35.6 Å². The number of morpholine rings is 1. The summed E-state index contributed by atoms with van der Waals surface area (Å²) in [7, 11) is -3.74. The molecule has 1 heterocycles. The first kappa shape index (κ1) is 22.9. The first-order valence-electron chi connectivity index (χ1n) is 10.0. The highest BCUT2D eigenvalue weighted by Gasteiger charge is 2.28. The third kappa shape index (κ3) is 4.95. The van der Waals surface area contributed by atoms with Gasteiger partial charge in [0.25, 0.3) is 5.91 Å². The van der Waals surface area contributed by atoms with Gasteiger partial charge in [-0.3, -0.25) is 4.79 Å². The van der Waals surface area contributed by atoms with Gasteiger partial charge in [0.1, 0.15) is 0 Å². The standard InChI is InChI=1S/C22H26N2O6S/c1-4-30-22(26)18-6-5-7-19(16(18)3)23-21(25)17-9-8-15(2)20(14-17)31(27,28)24-10-12-29-13-11-24/h5-9,14H,4,10-13H2,1-3H3,(H,23,25). The summed E-state index contributed by atoms with van der Waals surface area (Å²) in [6, 6.07) is 9.54. The van der Waals surface area contributed by atoms with Crippen LogP contribution in [0, 0.1) is 13.8 Å². The zero-order valence-electron chi connectivity index (χ0n) is 17.8. The molecule has 0 spiro atoms. The molecule has 2 aromatic rings. The summed E-state index contributed by atoms with van der Waals surface area (Å²) in [5, 5.41) is 2.77. The van der Waals surface area contributed by atoms with Crippen LogP contribution in [-0.4, -0.2) is 57.5 Å². The number of nitrogens with one attached hydrogen (secondary N) is 1. The summed E-state index contributed by atoms with van der Waals surface area (Å²) in [5.41, 5.74) is 2.15. The Bertz CT molecular complexity index is 1090. The molecule has 1 N–H and O–H groups in total. The van der Waals surface area contributed by atoms with E-state index in [2.05, 4.69) is 5.32 Å². The predicted molar refractivity (Wildman–Crippen MR) is 116 cm³/mol. The van der Waals surface area contributed by atoms with Crippen LogP contribution in [0.5, 0.6) is 0 Å². The molecular weight excluding hydrogens is 420 g/mol. The summed E-state index contributed by atoms with van der Waals surface area (Å²) in [4.78, 5) is 25.1. The van der Waals surface area contributed by atoms with Crippen molar-refractivity contribution >= 4 is 27.6 Å². The van der Waals surface area contributed by atoms with E-state index in [1.807, 2.05) is 0 Å². The molecule has 3 rings (SSSR count). The molecule has 1 aliphatic rings. The number of sulfonamides is 1. The van der Waals surface area contributed by atoms with Gasteiger partial charge in [0.15, 0.2) is 0 Å². The minimum absolute atomic E-state index is 0.0963. The van der Waals surface area contributed by atoms with Crippen LogP contribution in [0.3, 0.4) is 0 Å². The van der Waals surface area contributed by atoms with Crippen LogP contribution in [0.15, 0.2) is 41.3 Å². The monoisotopic (exact) mass is 446 g/mol. The first-order chi connectivity index (χ1) is 14.8. The molecule has 166 valence electrons. The summed E-state index contributed by atoms with van der Waals surface area (Å²) < 4.78 is 37.8. The topological polar surface area (TPSA) is 102 Å². The lowest BCUT2D eigenvalue weighted by atomic mass is 10.1. The molecule has 0 unspecified atom stereocenters. The van der Waals surface area contributed by atoms with Gasteiger partial charge in [0.2, 0.25) is 10.0 Å². The second kappa shape index (κ2) is 9.59. The SMILES string of the molecule is CCOC(=O)c1cccc(NC(=O)c2ccc(C)c(S(=O)(=O)N3CCOCC3)c2)c1C. The van der Waals surface area contributed by atoms with Gasteiger partial charge in [0, 0.05) is 24.3 Å². The van der Waals surface area contributed by atoms with Gasteiger partial charge in [-0.2, -0.15) is 4.31 Å². The summed E-state index contributed by atoms with van der Waals surface area (Å²) >= 11 is 0. The number of ether oxygens (including phenoxy) is 2. The Labute approximate surface area is 182 Å². The number of amides is 1. The van der Waals surface area contributed by atoms with Crippen molar-refractivity contribution in [3.05, 3.63) is 58.7 Å². The summed E-state index contributed by atoms with van der Waals surface area (Å²) in [6.07, 6.45) is 0. The Morgan fingerprint density at radius 3 is 2.52 bits per heavy atom. The number of carbonyl (C=O) groups is 2. The number of carbonyl (C=O) groups excluding carboxylic acids is 2. The smallest absolute Gasteiger partial charge is 0.338 e. The molecular formula is C22H26N2O6S. The van der Waals surface area contributed by atoms with Crippen molar-refractivity contribution in [3.8, 4) is 0 Å². The number of nitrogens with zero attached hydrogens (tertiary/aromatic N) is 1. The maximum absolute atomic E-state index is 13.1. The normalized spacial score (nSPS) is 14.8. The van der Waals surface area contributed by atoms with E-state index in [4.69, 9.17) is 9.47 Å². The Morgan fingerprint density at radius 2 is 1.84 bits per heavy atom. The van der Waals surface area contributed by atoms with E-state index < -0.39 is 21.9 Å². The molecule has 1 fully saturated rings. The highest BCUT2D eigenvalue weighted by molar-refractivity contribution is 7.89. The van der Waals surface area contributed by atoms with Crippen LogP contribution in [-0.2, 0) is 19.5 Å². The Balaban J connectivity index is 1.88. The third-order valence-electron chi connectivity index (χ3n) is 5.12. The Kier molecular flexibility index (Phi) is 7.09. The molecule has 1 amide bonds. The molecule has 31 heavy (non-hydrogen) atoms. The molecule has 1 aliphatic heterocycles. The maximum atomic E-state index is 13.1. The van der Waals surface area contributed by atoms with Crippen molar-refractivity contribution in [2.45, 2.75) is 25.7 Å². The average Bonchev–Trinajstić information content (AvgIpc) is 2.76. The molecule has 0 aliphatic carbocycles. The number of benzene rings is 2. The molecule has 0 aromatic heterocycles. The zero-order chi connectivity index (χ0) is 22.6. The van der Waals surface area contributed by atoms with Gasteiger partial charge in [0.05, 0.1) is 30.3 Å².